The van der Waals surface area contributed by atoms with Crippen molar-refractivity contribution in [3.8, 4) is 0 Å². The van der Waals surface area contributed by atoms with Crippen molar-refractivity contribution in [2.75, 3.05) is 10.2 Å². The summed E-state index contributed by atoms with van der Waals surface area (Å²) in [5, 5.41) is 5.04. The van der Waals surface area contributed by atoms with Crippen LogP contribution in [0, 0.1) is 0 Å². The zero-order chi connectivity index (χ0) is 25.2. The average Bonchev–Trinajstić information content (AvgIpc) is 3.34. The first-order valence-electron chi connectivity index (χ1n) is 11.9. The second-order valence-corrected chi connectivity index (χ2v) is 8.56. The Morgan fingerprint density at radius 1 is 0.865 bits per heavy atom. The number of nitrogens with two attached hydrogens (primary N) is 1. The lowest BCUT2D eigenvalue weighted by molar-refractivity contribution is 0.102. The van der Waals surface area contributed by atoms with E-state index in [1.54, 1.807) is 18.3 Å². The number of anilines is 4. The van der Waals surface area contributed by atoms with Crippen LogP contribution in [-0.4, -0.2) is 15.9 Å². The number of benzene rings is 4. The number of amides is 1. The molecule has 37 heavy (non-hydrogen) atoms. The van der Waals surface area contributed by atoms with Gasteiger partial charge >= 0.3 is 0 Å². The summed E-state index contributed by atoms with van der Waals surface area (Å²) < 4.78 is 6.30. The van der Waals surface area contributed by atoms with E-state index in [2.05, 4.69) is 27.4 Å². The van der Waals surface area contributed by atoms with Gasteiger partial charge in [-0.1, -0.05) is 42.5 Å². The van der Waals surface area contributed by atoms with E-state index in [-0.39, 0.29) is 5.91 Å². The maximum absolute atomic E-state index is 12.7. The zero-order valence-electron chi connectivity index (χ0n) is 19.8. The normalized spacial score (nSPS) is 11.1. The van der Waals surface area contributed by atoms with Crippen molar-refractivity contribution in [2.24, 2.45) is 5.73 Å². The van der Waals surface area contributed by atoms with Gasteiger partial charge in [0, 0.05) is 40.5 Å². The first-order chi connectivity index (χ1) is 18.2. The molecule has 6 aromatic rings. The van der Waals surface area contributed by atoms with E-state index >= 15 is 0 Å². The highest BCUT2D eigenvalue weighted by Gasteiger charge is 2.20. The number of carbonyl (C=O) groups excluding carboxylic acids is 1. The van der Waals surface area contributed by atoms with Crippen molar-refractivity contribution in [2.45, 2.75) is 6.54 Å². The highest BCUT2D eigenvalue weighted by atomic mass is 16.3. The van der Waals surface area contributed by atoms with Crippen molar-refractivity contribution >= 4 is 50.7 Å². The molecule has 0 radical (unpaired) electrons. The SMILES string of the molecule is NCc1ccc(C(=O)Nc2ccc(N(c3ccncn3)c3cccc4c3oc3ccccc34)cc2)cc1. The van der Waals surface area contributed by atoms with Crippen LogP contribution in [0.25, 0.3) is 21.9 Å². The molecule has 2 heterocycles. The van der Waals surface area contributed by atoms with Crippen LogP contribution in [0.5, 0.6) is 0 Å². The van der Waals surface area contributed by atoms with Gasteiger partial charge in [0.1, 0.15) is 17.7 Å². The molecule has 0 aliphatic heterocycles. The van der Waals surface area contributed by atoms with Crippen LogP contribution >= 0.6 is 0 Å². The summed E-state index contributed by atoms with van der Waals surface area (Å²) in [6.07, 6.45) is 3.23. The van der Waals surface area contributed by atoms with Crippen molar-refractivity contribution in [3.63, 3.8) is 0 Å². The summed E-state index contributed by atoms with van der Waals surface area (Å²) in [6, 6.07) is 30.8. The Hall–Kier alpha value is -5.01. The topological polar surface area (TPSA) is 97.3 Å². The molecule has 0 unspecified atom stereocenters. The molecule has 7 nitrogen and oxygen atoms in total. The fraction of sp³-hybridized carbons (Fsp3) is 0.0333. The molecular formula is C30H23N5O2. The number of para-hydroxylation sites is 2. The van der Waals surface area contributed by atoms with Crippen LogP contribution in [0.1, 0.15) is 15.9 Å². The molecule has 4 aromatic carbocycles. The second-order valence-electron chi connectivity index (χ2n) is 8.56. The monoisotopic (exact) mass is 485 g/mol. The number of carbonyl (C=O) groups is 1. The Morgan fingerprint density at radius 2 is 1.65 bits per heavy atom. The quantitative estimate of drug-likeness (QED) is 0.277. The number of aromatic nitrogens is 2. The van der Waals surface area contributed by atoms with Gasteiger partial charge in [0.2, 0.25) is 0 Å². The fourth-order valence-corrected chi connectivity index (χ4v) is 4.41. The molecule has 6 rings (SSSR count). The lowest BCUT2D eigenvalue weighted by Crippen LogP contribution is -2.13. The highest BCUT2D eigenvalue weighted by molar-refractivity contribution is 6.10. The van der Waals surface area contributed by atoms with E-state index in [1.165, 1.54) is 6.33 Å². The van der Waals surface area contributed by atoms with Gasteiger partial charge in [0.25, 0.3) is 5.91 Å². The largest absolute Gasteiger partial charge is 0.454 e. The fourth-order valence-electron chi connectivity index (χ4n) is 4.41. The maximum Gasteiger partial charge on any atom is 0.255 e. The van der Waals surface area contributed by atoms with E-state index in [0.29, 0.717) is 23.6 Å². The predicted octanol–water partition coefficient (Wildman–Crippen LogP) is 6.56. The van der Waals surface area contributed by atoms with Crippen LogP contribution in [0.2, 0.25) is 0 Å². The van der Waals surface area contributed by atoms with E-state index in [4.69, 9.17) is 10.2 Å². The zero-order valence-corrected chi connectivity index (χ0v) is 19.8. The van der Waals surface area contributed by atoms with E-state index < -0.39 is 0 Å². The third-order valence-corrected chi connectivity index (χ3v) is 6.26. The molecule has 0 spiro atoms. The van der Waals surface area contributed by atoms with Crippen LogP contribution in [-0.2, 0) is 6.54 Å². The number of fused-ring (bicyclic) bond motifs is 3. The van der Waals surface area contributed by atoms with Crippen molar-refractivity contribution in [3.05, 3.63) is 121 Å². The molecule has 0 aliphatic rings. The van der Waals surface area contributed by atoms with Gasteiger partial charge in [-0.25, -0.2) is 9.97 Å². The number of nitrogens with zero attached hydrogens (tertiary/aromatic N) is 3. The van der Waals surface area contributed by atoms with Crippen molar-refractivity contribution in [1.29, 1.82) is 0 Å². The number of rotatable bonds is 6. The molecule has 180 valence electrons. The van der Waals surface area contributed by atoms with Crippen LogP contribution < -0.4 is 16.0 Å². The average molecular weight is 486 g/mol. The molecule has 0 atom stereocenters. The van der Waals surface area contributed by atoms with Crippen molar-refractivity contribution in [1.82, 2.24) is 9.97 Å². The number of nitrogens with one attached hydrogen (secondary N) is 1. The Morgan fingerprint density at radius 3 is 2.41 bits per heavy atom. The van der Waals surface area contributed by atoms with Gasteiger partial charge in [0.15, 0.2) is 5.58 Å². The Kier molecular flexibility index (Phi) is 5.80. The summed E-state index contributed by atoms with van der Waals surface area (Å²) in [4.78, 5) is 23.3. The van der Waals surface area contributed by atoms with E-state index in [1.807, 2.05) is 77.7 Å². The van der Waals surface area contributed by atoms with Crippen LogP contribution in [0.4, 0.5) is 22.9 Å². The van der Waals surface area contributed by atoms with Gasteiger partial charge in [-0.2, -0.15) is 0 Å². The van der Waals surface area contributed by atoms with Gasteiger partial charge in [-0.3, -0.25) is 9.69 Å². The minimum atomic E-state index is -0.184. The highest BCUT2D eigenvalue weighted by Crippen LogP contribution is 2.41. The summed E-state index contributed by atoms with van der Waals surface area (Å²) in [5.41, 5.74) is 11.2. The molecular weight excluding hydrogens is 462 g/mol. The minimum absolute atomic E-state index is 0.184. The molecule has 3 N–H and O–H groups in total. The molecule has 1 amide bonds. The predicted molar refractivity (Wildman–Crippen MR) is 146 cm³/mol. The lowest BCUT2D eigenvalue weighted by Gasteiger charge is -2.24. The summed E-state index contributed by atoms with van der Waals surface area (Å²) in [7, 11) is 0. The minimum Gasteiger partial charge on any atom is -0.454 e. The Balaban J connectivity index is 1.37. The standard InChI is InChI=1S/C30H23N5O2/c31-18-20-8-10-21(11-9-20)30(36)34-22-12-14-23(15-13-22)35(28-16-17-32-19-33-28)26-6-3-5-25-24-4-1-2-7-27(24)37-29(25)26/h1-17,19H,18,31H2,(H,34,36). The molecule has 2 aromatic heterocycles. The maximum atomic E-state index is 12.7. The number of furan rings is 1. The molecule has 0 saturated heterocycles. The third-order valence-electron chi connectivity index (χ3n) is 6.26. The summed E-state index contributed by atoms with van der Waals surface area (Å²) in [5.74, 6) is 0.510. The second kappa shape index (κ2) is 9.56. The molecule has 7 heteroatoms. The van der Waals surface area contributed by atoms with Gasteiger partial charge in [-0.15, -0.1) is 0 Å². The Labute approximate surface area is 213 Å². The van der Waals surface area contributed by atoms with Gasteiger partial charge in [0.05, 0.1) is 5.69 Å². The van der Waals surface area contributed by atoms with Gasteiger partial charge < -0.3 is 15.5 Å². The van der Waals surface area contributed by atoms with Gasteiger partial charge in [-0.05, 0) is 60.2 Å². The first-order valence-corrected chi connectivity index (χ1v) is 11.9. The molecule has 0 fully saturated rings. The molecule has 0 aliphatic carbocycles. The molecule has 0 saturated carbocycles. The summed E-state index contributed by atoms with van der Waals surface area (Å²) in [6.45, 7) is 0.438. The lowest BCUT2D eigenvalue weighted by atomic mass is 10.1. The smallest absolute Gasteiger partial charge is 0.255 e. The first kappa shape index (κ1) is 22.5. The van der Waals surface area contributed by atoms with E-state index in [0.717, 1.165) is 38.9 Å². The summed E-state index contributed by atoms with van der Waals surface area (Å²) >= 11 is 0. The molecule has 0 bridgehead atoms. The van der Waals surface area contributed by atoms with Crippen LogP contribution in [0.15, 0.2) is 114 Å². The van der Waals surface area contributed by atoms with Crippen LogP contribution in [0.3, 0.4) is 0 Å². The van der Waals surface area contributed by atoms with E-state index in [9.17, 15) is 4.79 Å². The number of hydrogen-bond acceptors (Lipinski definition) is 6. The van der Waals surface area contributed by atoms with Crippen molar-refractivity contribution < 1.29 is 9.21 Å². The third kappa shape index (κ3) is 4.28. The Bertz CT molecular complexity index is 1690. The number of hydrogen-bond donors (Lipinski definition) is 2.